The molecular weight excluding hydrogens is 304 g/mol. The molecule has 0 spiro atoms. The van der Waals surface area contributed by atoms with Gasteiger partial charge >= 0.3 is 0 Å². The summed E-state index contributed by atoms with van der Waals surface area (Å²) < 4.78 is 5.75. The lowest BCUT2D eigenvalue weighted by atomic mass is 9.98. The van der Waals surface area contributed by atoms with Crippen LogP contribution in [-0.2, 0) is 9.59 Å². The maximum atomic E-state index is 12.9. The van der Waals surface area contributed by atoms with Gasteiger partial charge < -0.3 is 15.0 Å². The first-order valence-electron chi connectivity index (χ1n) is 8.75. The van der Waals surface area contributed by atoms with E-state index in [2.05, 4.69) is 5.32 Å². The molecule has 0 bridgehead atoms. The zero-order valence-electron chi connectivity index (χ0n) is 14.7. The maximum absolute atomic E-state index is 12.9. The first kappa shape index (κ1) is 16.8. The Morgan fingerprint density at radius 1 is 1.29 bits per heavy atom. The van der Waals surface area contributed by atoms with Crippen LogP contribution in [0.5, 0.6) is 5.75 Å². The van der Waals surface area contributed by atoms with Gasteiger partial charge in [0.15, 0.2) is 0 Å². The van der Waals surface area contributed by atoms with Gasteiger partial charge in [0.05, 0.1) is 12.6 Å². The third-order valence-corrected chi connectivity index (χ3v) is 5.18. The van der Waals surface area contributed by atoms with Gasteiger partial charge in [-0.3, -0.25) is 9.59 Å². The lowest BCUT2D eigenvalue weighted by molar-refractivity contribution is -0.144. The first-order chi connectivity index (χ1) is 11.5. The Morgan fingerprint density at radius 2 is 2.00 bits per heavy atom. The number of nitrogens with zero attached hydrogens (tertiary/aromatic N) is 1. The van der Waals surface area contributed by atoms with Gasteiger partial charge in [0.1, 0.15) is 11.2 Å². The number of para-hydroxylation sites is 1. The molecule has 1 fully saturated rings. The van der Waals surface area contributed by atoms with E-state index in [1.165, 1.54) is 0 Å². The predicted octanol–water partition coefficient (Wildman–Crippen LogP) is 2.66. The van der Waals surface area contributed by atoms with Crippen LogP contribution in [0.1, 0.15) is 51.1 Å². The Hall–Kier alpha value is -2.04. The van der Waals surface area contributed by atoms with E-state index in [-0.39, 0.29) is 23.9 Å². The average molecular weight is 330 g/mol. The minimum absolute atomic E-state index is 0.0619. The molecule has 2 aliphatic rings. The molecule has 0 unspecified atom stereocenters. The fourth-order valence-corrected chi connectivity index (χ4v) is 3.21. The van der Waals surface area contributed by atoms with Crippen molar-refractivity contribution in [3.8, 4) is 5.75 Å². The molecule has 0 aromatic heterocycles. The molecule has 130 valence electrons. The van der Waals surface area contributed by atoms with Gasteiger partial charge in [0, 0.05) is 18.7 Å². The van der Waals surface area contributed by atoms with Crippen LogP contribution >= 0.6 is 0 Å². The lowest BCUT2D eigenvalue weighted by Crippen LogP contribution is -2.46. The number of amides is 2. The van der Waals surface area contributed by atoms with Crippen LogP contribution in [0.2, 0.25) is 0 Å². The highest BCUT2D eigenvalue weighted by Gasteiger charge is 2.58. The summed E-state index contributed by atoms with van der Waals surface area (Å²) in [5.74, 6) is 0.630. The monoisotopic (exact) mass is 330 g/mol. The van der Waals surface area contributed by atoms with Crippen LogP contribution in [0, 0.1) is 5.41 Å². The number of nitrogens with one attached hydrogen (secondary N) is 1. The Morgan fingerprint density at radius 3 is 2.67 bits per heavy atom. The SMILES string of the molecule is CC(C)N(C)C(=O)C1(C(=O)N[C@H]2CCCOc3ccccc32)CC1. The standard InChI is InChI=1S/C19H26N2O3/c1-13(2)21(3)18(23)19(10-11-19)17(22)20-15-8-6-12-24-16-9-5-4-7-14(15)16/h4-5,7,9,13,15H,6,8,10-12H2,1-3H3,(H,20,22)/t15-/m0/s1. The molecule has 1 aromatic carbocycles. The van der Waals surface area contributed by atoms with E-state index < -0.39 is 5.41 Å². The number of hydrogen-bond acceptors (Lipinski definition) is 3. The quantitative estimate of drug-likeness (QED) is 0.864. The lowest BCUT2D eigenvalue weighted by Gasteiger charge is -2.28. The molecule has 2 amide bonds. The van der Waals surface area contributed by atoms with Gasteiger partial charge in [0.25, 0.3) is 0 Å². The number of carbonyl (C=O) groups excluding carboxylic acids is 2. The molecule has 1 saturated carbocycles. The summed E-state index contributed by atoms with van der Waals surface area (Å²) in [6.07, 6.45) is 2.98. The average Bonchev–Trinajstić information content (AvgIpc) is 3.39. The van der Waals surface area contributed by atoms with E-state index in [4.69, 9.17) is 4.74 Å². The zero-order valence-corrected chi connectivity index (χ0v) is 14.7. The minimum Gasteiger partial charge on any atom is -0.493 e. The van der Waals surface area contributed by atoms with Crippen molar-refractivity contribution in [1.29, 1.82) is 0 Å². The second-order valence-electron chi connectivity index (χ2n) is 7.15. The largest absolute Gasteiger partial charge is 0.493 e. The van der Waals surface area contributed by atoms with E-state index in [9.17, 15) is 9.59 Å². The van der Waals surface area contributed by atoms with Crippen LogP contribution < -0.4 is 10.1 Å². The van der Waals surface area contributed by atoms with Crippen molar-refractivity contribution in [3.05, 3.63) is 29.8 Å². The first-order valence-corrected chi connectivity index (χ1v) is 8.75. The molecule has 3 rings (SSSR count). The summed E-state index contributed by atoms with van der Waals surface area (Å²) in [7, 11) is 1.77. The van der Waals surface area contributed by atoms with Crippen molar-refractivity contribution < 1.29 is 14.3 Å². The summed E-state index contributed by atoms with van der Waals surface area (Å²) in [6.45, 7) is 4.58. The fraction of sp³-hybridized carbons (Fsp3) is 0.579. The predicted molar refractivity (Wildman–Crippen MR) is 91.6 cm³/mol. The Kier molecular flexibility index (Phi) is 4.52. The zero-order chi connectivity index (χ0) is 17.3. The molecule has 1 aliphatic heterocycles. The van der Waals surface area contributed by atoms with Crippen molar-refractivity contribution in [2.75, 3.05) is 13.7 Å². The number of benzene rings is 1. The van der Waals surface area contributed by atoms with Crippen molar-refractivity contribution in [2.45, 2.75) is 51.6 Å². The van der Waals surface area contributed by atoms with Crippen molar-refractivity contribution in [1.82, 2.24) is 10.2 Å². The number of hydrogen-bond donors (Lipinski definition) is 1. The van der Waals surface area contributed by atoms with Gasteiger partial charge in [-0.15, -0.1) is 0 Å². The summed E-state index contributed by atoms with van der Waals surface area (Å²) in [6, 6.07) is 7.82. The van der Waals surface area contributed by atoms with Crippen molar-refractivity contribution in [3.63, 3.8) is 0 Å². The van der Waals surface area contributed by atoms with Crippen molar-refractivity contribution >= 4 is 11.8 Å². The highest BCUT2D eigenvalue weighted by molar-refractivity contribution is 6.08. The summed E-state index contributed by atoms with van der Waals surface area (Å²) in [5, 5.41) is 3.13. The smallest absolute Gasteiger partial charge is 0.238 e. The molecule has 1 heterocycles. The normalized spacial score (nSPS) is 21.2. The Bertz CT molecular complexity index is 637. The molecule has 1 atom stereocenters. The van der Waals surface area contributed by atoms with Crippen LogP contribution in [0.3, 0.4) is 0 Å². The van der Waals surface area contributed by atoms with Gasteiger partial charge in [-0.25, -0.2) is 0 Å². The summed E-state index contributed by atoms with van der Waals surface area (Å²) >= 11 is 0. The summed E-state index contributed by atoms with van der Waals surface area (Å²) in [5.41, 5.74) is 0.144. The topological polar surface area (TPSA) is 58.6 Å². The van der Waals surface area contributed by atoms with Gasteiger partial charge in [-0.05, 0) is 45.6 Å². The molecule has 1 aliphatic carbocycles. The third-order valence-electron chi connectivity index (χ3n) is 5.18. The van der Waals surface area contributed by atoms with Gasteiger partial charge in [-0.1, -0.05) is 18.2 Å². The van der Waals surface area contributed by atoms with E-state index in [0.717, 1.165) is 24.2 Å². The molecule has 5 nitrogen and oxygen atoms in total. The molecule has 0 radical (unpaired) electrons. The Labute approximate surface area is 143 Å². The minimum atomic E-state index is -0.860. The number of ether oxygens (including phenoxy) is 1. The van der Waals surface area contributed by atoms with Crippen LogP contribution in [-0.4, -0.2) is 36.4 Å². The molecule has 1 aromatic rings. The van der Waals surface area contributed by atoms with Crippen LogP contribution in [0.4, 0.5) is 0 Å². The van der Waals surface area contributed by atoms with Crippen LogP contribution in [0.15, 0.2) is 24.3 Å². The fourth-order valence-electron chi connectivity index (χ4n) is 3.21. The van der Waals surface area contributed by atoms with Gasteiger partial charge in [-0.2, -0.15) is 0 Å². The maximum Gasteiger partial charge on any atom is 0.238 e. The highest BCUT2D eigenvalue weighted by Crippen LogP contribution is 2.48. The summed E-state index contributed by atoms with van der Waals surface area (Å²) in [4.78, 5) is 27.3. The molecule has 1 N–H and O–H groups in total. The second kappa shape index (κ2) is 6.46. The number of carbonyl (C=O) groups is 2. The van der Waals surface area contributed by atoms with Crippen LogP contribution in [0.25, 0.3) is 0 Å². The number of rotatable bonds is 4. The van der Waals surface area contributed by atoms with Crippen molar-refractivity contribution in [2.24, 2.45) is 5.41 Å². The molecule has 0 saturated heterocycles. The third kappa shape index (κ3) is 2.99. The molecular formula is C19H26N2O3. The van der Waals surface area contributed by atoms with E-state index >= 15 is 0 Å². The molecule has 5 heteroatoms. The second-order valence-corrected chi connectivity index (χ2v) is 7.15. The van der Waals surface area contributed by atoms with E-state index in [1.807, 2.05) is 38.1 Å². The molecule has 24 heavy (non-hydrogen) atoms. The van der Waals surface area contributed by atoms with E-state index in [1.54, 1.807) is 11.9 Å². The van der Waals surface area contributed by atoms with Gasteiger partial charge in [0.2, 0.25) is 11.8 Å². The van der Waals surface area contributed by atoms with E-state index in [0.29, 0.717) is 19.4 Å². The number of fused-ring (bicyclic) bond motifs is 1. The Balaban J connectivity index is 1.77. The highest BCUT2D eigenvalue weighted by atomic mass is 16.5.